The number of alkyl carbamates (subject to hydrolysis) is 1. The molecule has 2 aromatic carbocycles. The molecule has 2 amide bonds. The summed E-state index contributed by atoms with van der Waals surface area (Å²) in [7, 11) is 0. The van der Waals surface area contributed by atoms with E-state index in [1.807, 2.05) is 20.8 Å². The van der Waals surface area contributed by atoms with Gasteiger partial charge in [0, 0.05) is 23.9 Å². The average molecular weight is 770 g/mol. The fourth-order valence-electron chi connectivity index (χ4n) is 4.78. The van der Waals surface area contributed by atoms with Crippen molar-refractivity contribution in [1.29, 1.82) is 0 Å². The zero-order chi connectivity index (χ0) is 39.9. The summed E-state index contributed by atoms with van der Waals surface area (Å²) < 4.78 is 77.2. The molecule has 2 atom stereocenters. The molecular weight excluding hydrogens is 725 g/mol. The number of aryl methyl sites for hydroxylation is 1. The van der Waals surface area contributed by atoms with Gasteiger partial charge in [0.1, 0.15) is 19.1 Å². The first-order chi connectivity index (χ1) is 25.1. The zero-order valence-corrected chi connectivity index (χ0v) is 31.1. The first-order valence-corrected chi connectivity index (χ1v) is 17.0. The van der Waals surface area contributed by atoms with Crippen molar-refractivity contribution in [2.45, 2.75) is 85.4 Å². The summed E-state index contributed by atoms with van der Waals surface area (Å²) in [6, 6.07) is 5.61. The van der Waals surface area contributed by atoms with Gasteiger partial charge in [-0.15, -0.1) is 0 Å². The first kappa shape index (κ1) is 44.1. The van der Waals surface area contributed by atoms with E-state index in [4.69, 9.17) is 27.8 Å². The van der Waals surface area contributed by atoms with Crippen molar-refractivity contribution in [1.82, 2.24) is 20.0 Å². The topological polar surface area (TPSA) is 166 Å². The van der Waals surface area contributed by atoms with Gasteiger partial charge >= 0.3 is 12.6 Å². The van der Waals surface area contributed by atoms with Crippen LogP contribution in [-0.2, 0) is 22.5 Å². The third-order valence-electron chi connectivity index (χ3n) is 7.02. The number of guanidine groups is 1. The number of hydrogen-bond acceptors (Lipinski definition) is 6. The predicted molar refractivity (Wildman–Crippen MR) is 196 cm³/mol. The van der Waals surface area contributed by atoms with Crippen molar-refractivity contribution in [2.24, 2.45) is 26.4 Å². The molecule has 5 N–H and O–H groups in total. The number of ether oxygens (including phenoxy) is 1. The van der Waals surface area contributed by atoms with E-state index in [1.54, 1.807) is 23.1 Å². The highest BCUT2D eigenvalue weighted by Gasteiger charge is 2.33. The molecular formula is C35H45ClF5N9O3. The molecule has 0 aliphatic carbocycles. The number of nitrogens with zero attached hydrogens (tertiary/aromatic N) is 6. The van der Waals surface area contributed by atoms with E-state index in [1.165, 1.54) is 37.3 Å². The Balaban J connectivity index is 0.00000477. The summed E-state index contributed by atoms with van der Waals surface area (Å²) in [5.74, 6) is -5.28. The molecule has 0 aliphatic heterocycles. The van der Waals surface area contributed by atoms with E-state index in [0.29, 0.717) is 24.0 Å². The van der Waals surface area contributed by atoms with Gasteiger partial charge in [0.2, 0.25) is 11.9 Å². The summed E-state index contributed by atoms with van der Waals surface area (Å²) in [6.45, 7) is 5.28. The smallest absolute Gasteiger partial charge is 0.407 e. The van der Waals surface area contributed by atoms with Crippen LogP contribution in [0.2, 0.25) is 5.02 Å². The number of amides is 2. The molecule has 1 aromatic heterocycles. The van der Waals surface area contributed by atoms with Gasteiger partial charge in [-0.2, -0.15) is 18.9 Å². The highest BCUT2D eigenvalue weighted by atomic mass is 35.5. The number of benzene rings is 2. The molecule has 0 bridgehead atoms. The molecule has 0 fully saturated rings. The van der Waals surface area contributed by atoms with Crippen LogP contribution in [0, 0.1) is 5.82 Å². The van der Waals surface area contributed by atoms with Gasteiger partial charge in [0.25, 0.3) is 0 Å². The van der Waals surface area contributed by atoms with E-state index in [2.05, 4.69) is 25.4 Å². The van der Waals surface area contributed by atoms with Crippen molar-refractivity contribution in [3.05, 3.63) is 76.3 Å². The SMILES string of the molecule is CC.CCCn1cc(-c2ccc(CC(=O)N(/C(N)=N\C(C)(C)F)C(COC(=O)NC(C)CF)c3ccc(Cl)c(/C(N=CN)=N\C(F)F)c3)c(F)c2)cn1. The van der Waals surface area contributed by atoms with Crippen molar-refractivity contribution in [3.8, 4) is 11.1 Å². The van der Waals surface area contributed by atoms with Crippen LogP contribution in [0.5, 0.6) is 0 Å². The molecule has 0 radical (unpaired) electrons. The Hall–Kier alpha value is -5.06. The van der Waals surface area contributed by atoms with Crippen LogP contribution in [0.25, 0.3) is 11.1 Å². The number of amidine groups is 1. The number of halogens is 6. The van der Waals surface area contributed by atoms with Crippen LogP contribution in [0.3, 0.4) is 0 Å². The largest absolute Gasteiger partial charge is 0.447 e. The Morgan fingerprint density at radius 2 is 1.87 bits per heavy atom. The Labute approximate surface area is 310 Å². The quantitative estimate of drug-likeness (QED) is 0.0695. The molecule has 3 aromatic rings. The van der Waals surface area contributed by atoms with Gasteiger partial charge in [-0.05, 0) is 62.1 Å². The van der Waals surface area contributed by atoms with E-state index < -0.39 is 73.7 Å². The number of hydrogen-bond donors (Lipinski definition) is 3. The molecule has 0 aliphatic rings. The molecule has 18 heteroatoms. The van der Waals surface area contributed by atoms with Crippen LogP contribution in [0.4, 0.5) is 26.7 Å². The maximum absolute atomic E-state index is 15.5. The number of aromatic nitrogens is 2. The lowest BCUT2D eigenvalue weighted by Crippen LogP contribution is -2.48. The van der Waals surface area contributed by atoms with Gasteiger partial charge in [-0.1, -0.05) is 50.6 Å². The number of alkyl halides is 4. The van der Waals surface area contributed by atoms with E-state index in [9.17, 15) is 27.2 Å². The maximum atomic E-state index is 15.5. The lowest BCUT2D eigenvalue weighted by molar-refractivity contribution is -0.129. The standard InChI is InChI=1S/C33H39ClF5N9O3.C2H6/c1-5-10-47-16-23(15-43-47)20-6-7-21(26(36)12-20)13-28(49)48(31(41)46-33(3,4)39)27(17-51-32(50)44-19(2)14-35)22-8-9-25(34)24(11-22)29(42-18-40)45-30(37)38;1-2/h6-9,11-12,15-16,18-19,27,30H,5,10,13-14,17H2,1-4H3,(H2,41,46)(H,44,50)(H2,40,42,45);1-2H3. The highest BCUT2D eigenvalue weighted by Crippen LogP contribution is 2.30. The van der Waals surface area contributed by atoms with Crippen LogP contribution in [-0.4, -0.2) is 76.5 Å². The maximum Gasteiger partial charge on any atom is 0.407 e. The second-order valence-corrected chi connectivity index (χ2v) is 12.1. The van der Waals surface area contributed by atoms with Gasteiger partial charge in [-0.25, -0.2) is 28.0 Å². The molecule has 0 saturated carbocycles. The molecule has 290 valence electrons. The zero-order valence-electron chi connectivity index (χ0n) is 30.3. The lowest BCUT2D eigenvalue weighted by atomic mass is 10.0. The summed E-state index contributed by atoms with van der Waals surface area (Å²) >= 11 is 6.31. The van der Waals surface area contributed by atoms with Crippen molar-refractivity contribution in [2.75, 3.05) is 13.3 Å². The van der Waals surface area contributed by atoms with Crippen molar-refractivity contribution in [3.63, 3.8) is 0 Å². The second-order valence-electron chi connectivity index (χ2n) is 11.7. The molecule has 3 rings (SSSR count). The first-order valence-electron chi connectivity index (χ1n) is 16.6. The number of carbonyl (C=O) groups excluding carboxylic acids is 2. The fourth-order valence-corrected chi connectivity index (χ4v) is 4.98. The number of nitrogens with two attached hydrogens (primary N) is 2. The minimum Gasteiger partial charge on any atom is -0.447 e. The molecule has 1 heterocycles. The Morgan fingerprint density at radius 3 is 2.45 bits per heavy atom. The van der Waals surface area contributed by atoms with E-state index in [0.717, 1.165) is 25.2 Å². The third kappa shape index (κ3) is 13.5. The third-order valence-corrected chi connectivity index (χ3v) is 7.35. The van der Waals surface area contributed by atoms with Gasteiger partial charge in [0.15, 0.2) is 11.6 Å². The van der Waals surface area contributed by atoms with Gasteiger partial charge in [0.05, 0.1) is 36.1 Å². The number of nitrogens with one attached hydrogen (secondary N) is 1. The average Bonchev–Trinajstić information content (AvgIpc) is 3.56. The monoisotopic (exact) mass is 769 g/mol. The van der Waals surface area contributed by atoms with Crippen LogP contribution < -0.4 is 16.8 Å². The van der Waals surface area contributed by atoms with Crippen LogP contribution >= 0.6 is 11.6 Å². The van der Waals surface area contributed by atoms with Crippen molar-refractivity contribution >= 4 is 41.7 Å². The van der Waals surface area contributed by atoms with Gasteiger partial charge in [-0.3, -0.25) is 14.4 Å². The van der Waals surface area contributed by atoms with E-state index >= 15 is 4.39 Å². The minimum absolute atomic E-state index is 0.0398. The van der Waals surface area contributed by atoms with Gasteiger partial charge < -0.3 is 21.5 Å². The number of rotatable bonds is 14. The summed E-state index contributed by atoms with van der Waals surface area (Å²) in [4.78, 5) is 38.0. The summed E-state index contributed by atoms with van der Waals surface area (Å²) in [5.41, 5.74) is 12.5. The van der Waals surface area contributed by atoms with Crippen LogP contribution in [0.1, 0.15) is 70.7 Å². The Bertz CT molecular complexity index is 1760. The predicted octanol–water partition coefficient (Wildman–Crippen LogP) is 6.95. The molecule has 0 spiro atoms. The summed E-state index contributed by atoms with van der Waals surface area (Å²) in [6.07, 6.45) is 3.16. The molecule has 53 heavy (non-hydrogen) atoms. The molecule has 0 saturated heterocycles. The van der Waals surface area contributed by atoms with Crippen LogP contribution in [0.15, 0.2) is 63.8 Å². The minimum atomic E-state index is -3.22. The Kier molecular flexibility index (Phi) is 17.3. The summed E-state index contributed by atoms with van der Waals surface area (Å²) in [5, 5.41) is 6.39. The highest BCUT2D eigenvalue weighted by molar-refractivity contribution is 6.34. The number of carbonyl (C=O) groups is 2. The fraction of sp³-hybridized carbons (Fsp3) is 0.429. The second kappa shape index (κ2) is 20.8. The lowest BCUT2D eigenvalue weighted by Gasteiger charge is -2.32. The normalized spacial score (nSPS) is 13.4. The van der Waals surface area contributed by atoms with E-state index in [-0.39, 0.29) is 21.7 Å². The Morgan fingerprint density at radius 1 is 1.17 bits per heavy atom. The molecule has 2 unspecified atom stereocenters. The van der Waals surface area contributed by atoms with Crippen molar-refractivity contribution < 1.29 is 36.3 Å². The molecule has 12 nitrogen and oxygen atoms in total. The number of aliphatic imine (C=N–C) groups is 3.